The standard InChI is InChI=1S/C12H22N2O5S/c1-20(18,19)7-6-13-12(17)14-8-9-4-2-3-5-10(9)11(15)16/h9-10H,2-8H2,1H3,(H,15,16)(H2,13,14,17). The first-order valence-corrected chi connectivity index (χ1v) is 8.78. The molecule has 1 saturated carbocycles. The number of carboxylic acid groups (broad SMARTS) is 1. The number of amides is 2. The molecule has 0 aromatic carbocycles. The highest BCUT2D eigenvalue weighted by atomic mass is 32.2. The molecule has 0 aromatic rings. The maximum absolute atomic E-state index is 11.5. The summed E-state index contributed by atoms with van der Waals surface area (Å²) in [5, 5.41) is 14.2. The normalized spacial score (nSPS) is 23.1. The van der Waals surface area contributed by atoms with E-state index in [1.54, 1.807) is 0 Å². The molecule has 0 saturated heterocycles. The fraction of sp³-hybridized carbons (Fsp3) is 0.833. The predicted molar refractivity (Wildman–Crippen MR) is 74.2 cm³/mol. The molecule has 0 spiro atoms. The smallest absolute Gasteiger partial charge is 0.314 e. The number of sulfone groups is 1. The lowest BCUT2D eigenvalue weighted by Crippen LogP contribution is -2.42. The van der Waals surface area contributed by atoms with Crippen molar-refractivity contribution in [1.29, 1.82) is 0 Å². The van der Waals surface area contributed by atoms with Crippen molar-refractivity contribution >= 4 is 21.8 Å². The molecule has 0 heterocycles. The fourth-order valence-corrected chi connectivity index (χ4v) is 2.89. The molecule has 116 valence electrons. The van der Waals surface area contributed by atoms with Gasteiger partial charge in [-0.05, 0) is 18.8 Å². The van der Waals surface area contributed by atoms with Crippen LogP contribution in [0.25, 0.3) is 0 Å². The molecule has 2 unspecified atom stereocenters. The SMILES string of the molecule is CS(=O)(=O)CCNC(=O)NCC1CCCCC1C(=O)O. The Kier molecular flexibility index (Phi) is 6.25. The third-order valence-electron chi connectivity index (χ3n) is 3.51. The fourth-order valence-electron chi connectivity index (χ4n) is 2.41. The van der Waals surface area contributed by atoms with E-state index in [4.69, 9.17) is 5.11 Å². The van der Waals surface area contributed by atoms with Crippen molar-refractivity contribution in [2.24, 2.45) is 11.8 Å². The quantitative estimate of drug-likeness (QED) is 0.650. The van der Waals surface area contributed by atoms with Gasteiger partial charge >= 0.3 is 12.0 Å². The number of aliphatic carboxylic acids is 1. The van der Waals surface area contributed by atoms with E-state index < -0.39 is 27.8 Å². The van der Waals surface area contributed by atoms with Crippen LogP contribution in [0.4, 0.5) is 4.79 Å². The Morgan fingerprint density at radius 2 is 1.85 bits per heavy atom. The number of carboxylic acids is 1. The summed E-state index contributed by atoms with van der Waals surface area (Å²) in [6, 6.07) is -0.455. The van der Waals surface area contributed by atoms with Crippen LogP contribution < -0.4 is 10.6 Å². The van der Waals surface area contributed by atoms with Crippen molar-refractivity contribution in [2.75, 3.05) is 25.1 Å². The highest BCUT2D eigenvalue weighted by Gasteiger charge is 2.30. The van der Waals surface area contributed by atoms with E-state index in [-0.39, 0.29) is 18.2 Å². The number of urea groups is 1. The van der Waals surface area contributed by atoms with Crippen LogP contribution in [0, 0.1) is 11.8 Å². The Balaban J connectivity index is 2.30. The largest absolute Gasteiger partial charge is 0.481 e. The summed E-state index contributed by atoms with van der Waals surface area (Å²) >= 11 is 0. The zero-order valence-corrected chi connectivity index (χ0v) is 12.4. The van der Waals surface area contributed by atoms with Crippen molar-refractivity contribution < 1.29 is 23.1 Å². The number of hydrogen-bond donors (Lipinski definition) is 3. The molecule has 2 atom stereocenters. The van der Waals surface area contributed by atoms with Gasteiger partial charge in [-0.15, -0.1) is 0 Å². The number of rotatable bonds is 6. The van der Waals surface area contributed by atoms with Crippen molar-refractivity contribution in [2.45, 2.75) is 25.7 Å². The first-order valence-electron chi connectivity index (χ1n) is 6.72. The van der Waals surface area contributed by atoms with Crippen LogP contribution in [-0.4, -0.2) is 50.6 Å². The molecule has 1 aliphatic carbocycles. The topological polar surface area (TPSA) is 113 Å². The summed E-state index contributed by atoms with van der Waals surface area (Å²) in [7, 11) is -3.10. The van der Waals surface area contributed by atoms with Gasteiger partial charge in [-0.2, -0.15) is 0 Å². The number of carbonyl (C=O) groups excluding carboxylic acids is 1. The molecular formula is C12H22N2O5S. The molecule has 1 fully saturated rings. The summed E-state index contributed by atoms with van der Waals surface area (Å²) in [6.07, 6.45) is 4.43. The van der Waals surface area contributed by atoms with Gasteiger partial charge in [0.2, 0.25) is 0 Å². The number of hydrogen-bond acceptors (Lipinski definition) is 4. The Hall–Kier alpha value is -1.31. The second kappa shape index (κ2) is 7.47. The van der Waals surface area contributed by atoms with Gasteiger partial charge in [-0.1, -0.05) is 12.8 Å². The molecule has 8 heteroatoms. The highest BCUT2D eigenvalue weighted by molar-refractivity contribution is 7.90. The molecule has 0 aromatic heterocycles. The third-order valence-corrected chi connectivity index (χ3v) is 4.46. The maximum atomic E-state index is 11.5. The Bertz CT molecular complexity index is 449. The van der Waals surface area contributed by atoms with Gasteiger partial charge in [0.05, 0.1) is 11.7 Å². The van der Waals surface area contributed by atoms with Gasteiger partial charge in [-0.25, -0.2) is 13.2 Å². The summed E-state index contributed by atoms with van der Waals surface area (Å²) in [4.78, 5) is 22.6. The molecule has 0 radical (unpaired) electrons. The molecule has 1 aliphatic rings. The second-order valence-corrected chi connectivity index (χ2v) is 7.52. The minimum absolute atomic E-state index is 0.0533. The lowest BCUT2D eigenvalue weighted by molar-refractivity contribution is -0.144. The average Bonchev–Trinajstić information content (AvgIpc) is 2.35. The van der Waals surface area contributed by atoms with E-state index in [9.17, 15) is 18.0 Å². The van der Waals surface area contributed by atoms with E-state index in [1.807, 2.05) is 0 Å². The van der Waals surface area contributed by atoms with Crippen LogP contribution >= 0.6 is 0 Å². The maximum Gasteiger partial charge on any atom is 0.314 e. The van der Waals surface area contributed by atoms with Crippen LogP contribution in [0.15, 0.2) is 0 Å². The second-order valence-electron chi connectivity index (χ2n) is 5.26. The lowest BCUT2D eigenvalue weighted by atomic mass is 9.79. The Morgan fingerprint density at radius 3 is 2.45 bits per heavy atom. The number of nitrogens with one attached hydrogen (secondary N) is 2. The first-order chi connectivity index (χ1) is 9.29. The zero-order valence-electron chi connectivity index (χ0n) is 11.6. The van der Waals surface area contributed by atoms with Crippen LogP contribution in [0.3, 0.4) is 0 Å². The van der Waals surface area contributed by atoms with Gasteiger partial charge in [0.15, 0.2) is 0 Å². The van der Waals surface area contributed by atoms with Gasteiger partial charge in [0.25, 0.3) is 0 Å². The van der Waals surface area contributed by atoms with E-state index in [0.29, 0.717) is 13.0 Å². The van der Waals surface area contributed by atoms with Gasteiger partial charge in [0, 0.05) is 19.3 Å². The molecule has 2 amide bonds. The third kappa shape index (κ3) is 6.23. The minimum Gasteiger partial charge on any atom is -0.481 e. The summed E-state index contributed by atoms with van der Waals surface area (Å²) in [6.45, 7) is 0.360. The number of carbonyl (C=O) groups is 2. The van der Waals surface area contributed by atoms with Crippen molar-refractivity contribution in [3.05, 3.63) is 0 Å². The van der Waals surface area contributed by atoms with E-state index in [0.717, 1.165) is 25.5 Å². The van der Waals surface area contributed by atoms with Crippen LogP contribution in [0.5, 0.6) is 0 Å². The van der Waals surface area contributed by atoms with E-state index in [2.05, 4.69) is 10.6 Å². The molecule has 0 bridgehead atoms. The zero-order chi connectivity index (χ0) is 15.2. The molecule has 1 rings (SSSR count). The van der Waals surface area contributed by atoms with Gasteiger partial charge in [-0.3, -0.25) is 4.79 Å². The molecular weight excluding hydrogens is 284 g/mol. The van der Waals surface area contributed by atoms with Crippen molar-refractivity contribution in [1.82, 2.24) is 10.6 Å². The molecule has 20 heavy (non-hydrogen) atoms. The van der Waals surface area contributed by atoms with Crippen LogP contribution in [0.2, 0.25) is 0 Å². The predicted octanol–water partition coefficient (Wildman–Crippen LogP) is 0.221. The van der Waals surface area contributed by atoms with Gasteiger partial charge in [0.1, 0.15) is 9.84 Å². The van der Waals surface area contributed by atoms with Crippen molar-refractivity contribution in [3.63, 3.8) is 0 Å². The molecule has 0 aliphatic heterocycles. The highest BCUT2D eigenvalue weighted by Crippen LogP contribution is 2.29. The van der Waals surface area contributed by atoms with E-state index in [1.165, 1.54) is 0 Å². The minimum atomic E-state index is -3.10. The van der Waals surface area contributed by atoms with Crippen LogP contribution in [0.1, 0.15) is 25.7 Å². The molecule has 3 N–H and O–H groups in total. The summed E-state index contributed by atoms with van der Waals surface area (Å²) in [5.41, 5.74) is 0. The Labute approximate surface area is 119 Å². The summed E-state index contributed by atoms with van der Waals surface area (Å²) < 4.78 is 21.8. The van der Waals surface area contributed by atoms with Gasteiger partial charge < -0.3 is 15.7 Å². The van der Waals surface area contributed by atoms with Crippen LogP contribution in [-0.2, 0) is 14.6 Å². The average molecular weight is 306 g/mol. The Morgan fingerprint density at radius 1 is 1.20 bits per heavy atom. The van der Waals surface area contributed by atoms with E-state index >= 15 is 0 Å². The van der Waals surface area contributed by atoms with Crippen molar-refractivity contribution in [3.8, 4) is 0 Å². The summed E-state index contributed by atoms with van der Waals surface area (Å²) in [5.74, 6) is -1.38. The monoisotopic (exact) mass is 306 g/mol. The molecule has 7 nitrogen and oxygen atoms in total. The lowest BCUT2D eigenvalue weighted by Gasteiger charge is -2.28. The first kappa shape index (κ1) is 16.7.